The maximum Gasteiger partial charge on any atom is 0.159 e. The fourth-order valence-electron chi connectivity index (χ4n) is 1.52. The molecule has 0 spiro atoms. The minimum absolute atomic E-state index is 0.0197. The number of rotatable bonds is 0. The third kappa shape index (κ3) is 1.86. The predicted molar refractivity (Wildman–Crippen MR) is 50.1 cm³/mol. The van der Waals surface area contributed by atoms with Crippen LogP contribution in [0.4, 0.5) is 0 Å². The molecule has 3 nitrogen and oxygen atoms in total. The standard InChI is InChI=1S/C10H15NO2/c1-6-4-7(11)9(13)10(2,3)5-8(6)12/h4,7H,5,11H2,1-3H3. The minimum atomic E-state index is -0.624. The molecule has 1 rings (SSSR count). The highest BCUT2D eigenvalue weighted by Gasteiger charge is 2.36. The van der Waals surface area contributed by atoms with Crippen LogP contribution < -0.4 is 5.73 Å². The molecule has 0 heterocycles. The summed E-state index contributed by atoms with van der Waals surface area (Å²) in [7, 11) is 0. The van der Waals surface area contributed by atoms with Gasteiger partial charge in [0, 0.05) is 11.8 Å². The average Bonchev–Trinajstić information content (AvgIpc) is 2.05. The van der Waals surface area contributed by atoms with Crippen molar-refractivity contribution in [1.29, 1.82) is 0 Å². The molecule has 0 aromatic heterocycles. The molecule has 1 atom stereocenters. The SMILES string of the molecule is CC1=CC(N)C(=O)C(C)(C)CC1=O. The highest BCUT2D eigenvalue weighted by atomic mass is 16.1. The van der Waals surface area contributed by atoms with Gasteiger partial charge in [-0.25, -0.2) is 0 Å². The lowest BCUT2D eigenvalue weighted by Gasteiger charge is -2.21. The third-order valence-electron chi connectivity index (χ3n) is 2.44. The van der Waals surface area contributed by atoms with Crippen LogP contribution in [0.15, 0.2) is 11.6 Å². The highest BCUT2D eigenvalue weighted by molar-refractivity contribution is 6.03. The van der Waals surface area contributed by atoms with Gasteiger partial charge in [-0.15, -0.1) is 0 Å². The Labute approximate surface area is 78.0 Å². The Morgan fingerprint density at radius 1 is 1.46 bits per heavy atom. The molecular formula is C10H15NO2. The zero-order valence-electron chi connectivity index (χ0n) is 8.26. The first kappa shape index (κ1) is 10.1. The molecule has 0 fully saturated rings. The van der Waals surface area contributed by atoms with E-state index in [2.05, 4.69) is 0 Å². The molecule has 0 bridgehead atoms. The predicted octanol–water partition coefficient (Wildman–Crippen LogP) is 0.828. The van der Waals surface area contributed by atoms with E-state index in [0.717, 1.165) is 0 Å². The second-order valence-corrected chi connectivity index (χ2v) is 4.22. The van der Waals surface area contributed by atoms with Gasteiger partial charge in [0.2, 0.25) is 0 Å². The van der Waals surface area contributed by atoms with Crippen LogP contribution in [0.5, 0.6) is 0 Å². The number of hydrogen-bond acceptors (Lipinski definition) is 3. The van der Waals surface area contributed by atoms with Crippen LogP contribution in [0.25, 0.3) is 0 Å². The molecule has 2 N–H and O–H groups in total. The molecule has 1 aliphatic rings. The molecule has 1 unspecified atom stereocenters. The van der Waals surface area contributed by atoms with Crippen molar-refractivity contribution in [2.24, 2.45) is 11.1 Å². The van der Waals surface area contributed by atoms with Crippen LogP contribution in [0.3, 0.4) is 0 Å². The minimum Gasteiger partial charge on any atom is -0.318 e. The zero-order valence-corrected chi connectivity index (χ0v) is 8.26. The summed E-state index contributed by atoms with van der Waals surface area (Å²) in [6.07, 6.45) is 1.82. The summed E-state index contributed by atoms with van der Waals surface area (Å²) in [6, 6.07) is -0.624. The van der Waals surface area contributed by atoms with Crippen molar-refractivity contribution in [1.82, 2.24) is 0 Å². The van der Waals surface area contributed by atoms with Crippen LogP contribution in [0, 0.1) is 5.41 Å². The molecule has 0 saturated carbocycles. The van der Waals surface area contributed by atoms with Gasteiger partial charge in [-0.1, -0.05) is 19.9 Å². The van der Waals surface area contributed by atoms with Gasteiger partial charge in [0.05, 0.1) is 6.04 Å². The van der Waals surface area contributed by atoms with Crippen LogP contribution in [0.1, 0.15) is 27.2 Å². The van der Waals surface area contributed by atoms with Crippen LogP contribution in [0.2, 0.25) is 0 Å². The number of carbonyl (C=O) groups is 2. The number of ketones is 2. The Kier molecular flexibility index (Phi) is 2.39. The van der Waals surface area contributed by atoms with Crippen molar-refractivity contribution < 1.29 is 9.59 Å². The van der Waals surface area contributed by atoms with Gasteiger partial charge in [0.1, 0.15) is 0 Å². The van der Waals surface area contributed by atoms with Crippen molar-refractivity contribution in [3.63, 3.8) is 0 Å². The summed E-state index contributed by atoms with van der Waals surface area (Å²) in [6.45, 7) is 5.23. The Bertz CT molecular complexity index is 289. The lowest BCUT2D eigenvalue weighted by atomic mass is 9.81. The maximum atomic E-state index is 11.6. The summed E-state index contributed by atoms with van der Waals surface area (Å²) in [5.41, 5.74) is 5.61. The molecule has 0 aromatic carbocycles. The van der Waals surface area contributed by atoms with E-state index in [4.69, 9.17) is 5.73 Å². The van der Waals surface area contributed by atoms with Crippen molar-refractivity contribution in [2.45, 2.75) is 33.2 Å². The second kappa shape index (κ2) is 3.07. The Morgan fingerprint density at radius 2 is 2.00 bits per heavy atom. The summed E-state index contributed by atoms with van der Waals surface area (Å²) < 4.78 is 0. The summed E-state index contributed by atoms with van der Waals surface area (Å²) in [5.74, 6) is -0.0380. The van der Waals surface area contributed by atoms with E-state index in [1.807, 2.05) is 0 Å². The Balaban J connectivity index is 3.08. The normalized spacial score (nSPS) is 28.3. The molecule has 13 heavy (non-hydrogen) atoms. The van der Waals surface area contributed by atoms with E-state index in [1.165, 1.54) is 0 Å². The number of nitrogens with two attached hydrogens (primary N) is 1. The molecule has 0 aliphatic heterocycles. The molecule has 1 aliphatic carbocycles. The number of allylic oxidation sites excluding steroid dienone is 1. The maximum absolute atomic E-state index is 11.6. The lowest BCUT2D eigenvalue weighted by molar-refractivity contribution is -0.130. The smallest absolute Gasteiger partial charge is 0.159 e. The largest absolute Gasteiger partial charge is 0.318 e. The van der Waals surface area contributed by atoms with Crippen LogP contribution in [-0.4, -0.2) is 17.6 Å². The van der Waals surface area contributed by atoms with Crippen LogP contribution >= 0.6 is 0 Å². The van der Waals surface area contributed by atoms with E-state index in [-0.39, 0.29) is 18.0 Å². The van der Waals surface area contributed by atoms with Crippen molar-refractivity contribution >= 4 is 11.6 Å². The lowest BCUT2D eigenvalue weighted by Crippen LogP contribution is -2.38. The molecular weight excluding hydrogens is 166 g/mol. The number of hydrogen-bond donors (Lipinski definition) is 1. The van der Waals surface area contributed by atoms with E-state index in [9.17, 15) is 9.59 Å². The first-order valence-corrected chi connectivity index (χ1v) is 4.36. The molecule has 72 valence electrons. The van der Waals surface area contributed by atoms with Crippen molar-refractivity contribution in [3.8, 4) is 0 Å². The molecule has 0 radical (unpaired) electrons. The first-order valence-electron chi connectivity index (χ1n) is 4.36. The summed E-state index contributed by atoms with van der Waals surface area (Å²) in [4.78, 5) is 23.1. The van der Waals surface area contributed by atoms with Gasteiger partial charge in [-0.3, -0.25) is 9.59 Å². The van der Waals surface area contributed by atoms with E-state index < -0.39 is 11.5 Å². The van der Waals surface area contributed by atoms with Gasteiger partial charge >= 0.3 is 0 Å². The zero-order chi connectivity index (χ0) is 10.2. The Morgan fingerprint density at radius 3 is 2.54 bits per heavy atom. The van der Waals surface area contributed by atoms with Gasteiger partial charge < -0.3 is 5.73 Å². The second-order valence-electron chi connectivity index (χ2n) is 4.22. The highest BCUT2D eigenvalue weighted by Crippen LogP contribution is 2.28. The average molecular weight is 181 g/mol. The Hall–Kier alpha value is -0.960. The van der Waals surface area contributed by atoms with Gasteiger partial charge in [0.25, 0.3) is 0 Å². The fraction of sp³-hybridized carbons (Fsp3) is 0.600. The van der Waals surface area contributed by atoms with Crippen molar-refractivity contribution in [2.75, 3.05) is 0 Å². The number of Topliss-reactive ketones (excluding diaryl/α,β-unsaturated/α-hetero) is 2. The molecule has 0 saturated heterocycles. The fourth-order valence-corrected chi connectivity index (χ4v) is 1.52. The topological polar surface area (TPSA) is 60.2 Å². The molecule has 0 aromatic rings. The quantitative estimate of drug-likeness (QED) is 0.602. The van der Waals surface area contributed by atoms with E-state index in [1.54, 1.807) is 26.8 Å². The first-order chi connectivity index (χ1) is 5.84. The summed E-state index contributed by atoms with van der Waals surface area (Å²) in [5, 5.41) is 0. The molecule has 0 amide bonds. The summed E-state index contributed by atoms with van der Waals surface area (Å²) >= 11 is 0. The van der Waals surface area contributed by atoms with E-state index >= 15 is 0 Å². The van der Waals surface area contributed by atoms with Crippen molar-refractivity contribution in [3.05, 3.63) is 11.6 Å². The van der Waals surface area contributed by atoms with Crippen LogP contribution in [-0.2, 0) is 9.59 Å². The monoisotopic (exact) mass is 181 g/mol. The van der Waals surface area contributed by atoms with E-state index in [0.29, 0.717) is 5.57 Å². The van der Waals surface area contributed by atoms with Gasteiger partial charge in [-0.2, -0.15) is 0 Å². The van der Waals surface area contributed by atoms with Gasteiger partial charge in [-0.05, 0) is 12.5 Å². The third-order valence-corrected chi connectivity index (χ3v) is 2.44. The van der Waals surface area contributed by atoms with Gasteiger partial charge in [0.15, 0.2) is 11.6 Å². The molecule has 3 heteroatoms. The number of carbonyl (C=O) groups excluding carboxylic acids is 2.